The van der Waals surface area contributed by atoms with E-state index in [0.717, 1.165) is 17.9 Å². The zero-order chi connectivity index (χ0) is 12.3. The SMILES string of the molecule is CO[C@]1(CNC(=O)c2ccc(Br)o2)CCSC1. The number of furan rings is 1. The van der Waals surface area contributed by atoms with E-state index in [1.807, 2.05) is 11.8 Å². The molecule has 0 spiro atoms. The quantitative estimate of drug-likeness (QED) is 0.925. The molecule has 1 saturated heterocycles. The predicted molar refractivity (Wildman–Crippen MR) is 70.4 cm³/mol. The summed E-state index contributed by atoms with van der Waals surface area (Å²) in [5.41, 5.74) is -0.218. The van der Waals surface area contributed by atoms with Crippen LogP contribution in [0.3, 0.4) is 0 Å². The number of amides is 1. The van der Waals surface area contributed by atoms with Crippen LogP contribution >= 0.6 is 27.7 Å². The molecule has 0 saturated carbocycles. The summed E-state index contributed by atoms with van der Waals surface area (Å²) in [6, 6.07) is 3.34. The van der Waals surface area contributed by atoms with Crippen molar-refractivity contribution in [2.24, 2.45) is 0 Å². The molecule has 2 heterocycles. The molecule has 1 N–H and O–H groups in total. The fourth-order valence-electron chi connectivity index (χ4n) is 1.73. The molecule has 0 aromatic carbocycles. The van der Waals surface area contributed by atoms with E-state index >= 15 is 0 Å². The predicted octanol–water partition coefficient (Wildman–Crippen LogP) is 2.29. The van der Waals surface area contributed by atoms with Gasteiger partial charge in [-0.05, 0) is 40.2 Å². The summed E-state index contributed by atoms with van der Waals surface area (Å²) in [5, 5.41) is 2.85. The Kier molecular flexibility index (Phi) is 4.17. The molecule has 1 atom stereocenters. The average Bonchev–Trinajstić information content (AvgIpc) is 2.95. The lowest BCUT2D eigenvalue weighted by Gasteiger charge is -2.26. The van der Waals surface area contributed by atoms with Gasteiger partial charge in [-0.15, -0.1) is 0 Å². The minimum Gasteiger partial charge on any atom is -0.444 e. The van der Waals surface area contributed by atoms with Crippen molar-refractivity contribution < 1.29 is 13.9 Å². The molecule has 0 bridgehead atoms. The van der Waals surface area contributed by atoms with Crippen molar-refractivity contribution in [1.82, 2.24) is 5.32 Å². The number of hydrogen-bond acceptors (Lipinski definition) is 4. The van der Waals surface area contributed by atoms with E-state index in [0.29, 0.717) is 17.0 Å². The molecule has 1 aliphatic rings. The molecular weight excluding hydrogens is 306 g/mol. The fourth-order valence-corrected chi connectivity index (χ4v) is 3.43. The van der Waals surface area contributed by atoms with Gasteiger partial charge in [0.2, 0.25) is 0 Å². The zero-order valence-corrected chi connectivity index (χ0v) is 11.9. The van der Waals surface area contributed by atoms with Gasteiger partial charge in [0.1, 0.15) is 0 Å². The van der Waals surface area contributed by atoms with E-state index in [1.165, 1.54) is 0 Å². The summed E-state index contributed by atoms with van der Waals surface area (Å²) in [5.74, 6) is 2.11. The highest BCUT2D eigenvalue weighted by Gasteiger charge is 2.34. The van der Waals surface area contributed by atoms with E-state index in [-0.39, 0.29) is 11.5 Å². The standard InChI is InChI=1S/C11H14BrNO3S/c1-15-11(4-5-17-7-11)6-13-10(14)8-2-3-9(12)16-8/h2-3H,4-7H2,1H3,(H,13,14)/t11-/m0/s1. The second-order valence-corrected chi connectivity index (χ2v) is 5.86. The number of rotatable bonds is 4. The summed E-state index contributed by atoms with van der Waals surface area (Å²) >= 11 is 5.02. The number of halogens is 1. The third kappa shape index (κ3) is 3.05. The van der Waals surface area contributed by atoms with Crippen LogP contribution < -0.4 is 5.32 Å². The van der Waals surface area contributed by atoms with Gasteiger partial charge in [-0.3, -0.25) is 4.79 Å². The molecule has 1 amide bonds. The van der Waals surface area contributed by atoms with Gasteiger partial charge in [0.05, 0.1) is 5.60 Å². The summed E-state index contributed by atoms with van der Waals surface area (Å²) in [6.45, 7) is 0.521. The monoisotopic (exact) mass is 319 g/mol. The van der Waals surface area contributed by atoms with Crippen LogP contribution in [0.2, 0.25) is 0 Å². The lowest BCUT2D eigenvalue weighted by atomic mass is 10.0. The largest absolute Gasteiger partial charge is 0.444 e. The zero-order valence-electron chi connectivity index (χ0n) is 9.49. The molecule has 1 aromatic rings. The molecule has 0 radical (unpaired) electrons. The van der Waals surface area contributed by atoms with Crippen LogP contribution in [0, 0.1) is 0 Å². The van der Waals surface area contributed by atoms with Gasteiger partial charge in [0.15, 0.2) is 10.4 Å². The normalized spacial score (nSPS) is 23.9. The lowest BCUT2D eigenvalue weighted by Crippen LogP contribution is -2.44. The van der Waals surface area contributed by atoms with Gasteiger partial charge in [-0.1, -0.05) is 0 Å². The Morgan fingerprint density at radius 3 is 3.06 bits per heavy atom. The highest BCUT2D eigenvalue weighted by Crippen LogP contribution is 2.30. The maximum absolute atomic E-state index is 11.8. The average molecular weight is 320 g/mol. The van der Waals surface area contributed by atoms with Crippen molar-refractivity contribution in [2.45, 2.75) is 12.0 Å². The Morgan fingerprint density at radius 1 is 1.71 bits per heavy atom. The third-order valence-electron chi connectivity index (χ3n) is 2.87. The number of nitrogens with one attached hydrogen (secondary N) is 1. The molecule has 1 aliphatic heterocycles. The molecule has 4 nitrogen and oxygen atoms in total. The van der Waals surface area contributed by atoms with Crippen LogP contribution in [-0.2, 0) is 4.74 Å². The highest BCUT2D eigenvalue weighted by molar-refractivity contribution is 9.10. The van der Waals surface area contributed by atoms with Gasteiger partial charge in [0.25, 0.3) is 5.91 Å². The Balaban J connectivity index is 1.91. The molecule has 0 unspecified atom stereocenters. The number of carbonyl (C=O) groups is 1. The van der Waals surface area contributed by atoms with Crippen molar-refractivity contribution in [3.63, 3.8) is 0 Å². The molecule has 1 aromatic heterocycles. The van der Waals surface area contributed by atoms with Crippen molar-refractivity contribution in [3.05, 3.63) is 22.6 Å². The van der Waals surface area contributed by atoms with E-state index in [4.69, 9.17) is 9.15 Å². The Morgan fingerprint density at radius 2 is 2.53 bits per heavy atom. The van der Waals surface area contributed by atoms with Crippen LogP contribution in [0.25, 0.3) is 0 Å². The molecule has 1 fully saturated rings. The van der Waals surface area contributed by atoms with Gasteiger partial charge in [0, 0.05) is 19.4 Å². The van der Waals surface area contributed by atoms with Crippen molar-refractivity contribution in [2.75, 3.05) is 25.2 Å². The minimum atomic E-state index is -0.218. The Bertz CT molecular complexity index is 401. The summed E-state index contributed by atoms with van der Waals surface area (Å²) in [7, 11) is 1.70. The first kappa shape index (κ1) is 13.0. The van der Waals surface area contributed by atoms with Gasteiger partial charge in [-0.25, -0.2) is 0 Å². The van der Waals surface area contributed by atoms with Crippen LogP contribution in [0.5, 0.6) is 0 Å². The first-order valence-electron chi connectivity index (χ1n) is 5.32. The van der Waals surface area contributed by atoms with Gasteiger partial charge >= 0.3 is 0 Å². The van der Waals surface area contributed by atoms with Crippen LogP contribution in [0.1, 0.15) is 17.0 Å². The molecular formula is C11H14BrNO3S. The smallest absolute Gasteiger partial charge is 0.287 e. The Hall–Kier alpha value is -0.460. The first-order valence-corrected chi connectivity index (χ1v) is 7.26. The van der Waals surface area contributed by atoms with Crippen molar-refractivity contribution in [1.29, 1.82) is 0 Å². The van der Waals surface area contributed by atoms with E-state index in [2.05, 4.69) is 21.2 Å². The summed E-state index contributed by atoms with van der Waals surface area (Å²) in [4.78, 5) is 11.8. The number of ether oxygens (including phenoxy) is 1. The molecule has 2 rings (SSSR count). The summed E-state index contributed by atoms with van der Waals surface area (Å²) < 4.78 is 11.3. The third-order valence-corrected chi connectivity index (χ3v) is 4.52. The fraction of sp³-hybridized carbons (Fsp3) is 0.545. The second-order valence-electron chi connectivity index (χ2n) is 3.98. The highest BCUT2D eigenvalue weighted by atomic mass is 79.9. The number of methoxy groups -OCH3 is 1. The Labute approximate surface area is 113 Å². The van der Waals surface area contributed by atoms with Crippen LogP contribution in [-0.4, -0.2) is 36.7 Å². The molecule has 0 aliphatic carbocycles. The number of hydrogen-bond donors (Lipinski definition) is 1. The summed E-state index contributed by atoms with van der Waals surface area (Å²) in [6.07, 6.45) is 0.969. The van der Waals surface area contributed by atoms with E-state index in [1.54, 1.807) is 19.2 Å². The maximum atomic E-state index is 11.8. The van der Waals surface area contributed by atoms with Crippen LogP contribution in [0.15, 0.2) is 21.2 Å². The maximum Gasteiger partial charge on any atom is 0.287 e. The van der Waals surface area contributed by atoms with Crippen LogP contribution in [0.4, 0.5) is 0 Å². The molecule has 6 heteroatoms. The second kappa shape index (κ2) is 5.46. The van der Waals surface area contributed by atoms with Crippen molar-refractivity contribution >= 4 is 33.6 Å². The topological polar surface area (TPSA) is 51.5 Å². The molecule has 94 valence electrons. The number of thioether (sulfide) groups is 1. The van der Waals surface area contributed by atoms with Crippen molar-refractivity contribution in [3.8, 4) is 0 Å². The number of carbonyl (C=O) groups excluding carboxylic acids is 1. The first-order chi connectivity index (χ1) is 8.15. The van der Waals surface area contributed by atoms with E-state index < -0.39 is 0 Å². The van der Waals surface area contributed by atoms with Gasteiger partial charge in [-0.2, -0.15) is 11.8 Å². The lowest BCUT2D eigenvalue weighted by molar-refractivity contribution is 0.0134. The minimum absolute atomic E-state index is 0.205. The molecule has 17 heavy (non-hydrogen) atoms. The van der Waals surface area contributed by atoms with Gasteiger partial charge < -0.3 is 14.5 Å². The van der Waals surface area contributed by atoms with E-state index in [9.17, 15) is 4.79 Å².